The molecule has 0 bridgehead atoms. The lowest BCUT2D eigenvalue weighted by Crippen LogP contribution is -2.42. The first-order valence-electron chi connectivity index (χ1n) is 12.5. The van der Waals surface area contributed by atoms with Crippen LogP contribution in [0.3, 0.4) is 0 Å². The normalized spacial score (nSPS) is 10.8. The summed E-state index contributed by atoms with van der Waals surface area (Å²) in [4.78, 5) is 68.1. The third-order valence-electron chi connectivity index (χ3n) is 5.24. The molecule has 3 N–H and O–H groups in total. The van der Waals surface area contributed by atoms with Crippen LogP contribution >= 0.6 is 46.4 Å². The van der Waals surface area contributed by atoms with Crippen LogP contribution in [-0.2, 0) is 35.2 Å². The quantitative estimate of drug-likeness (QED) is 0.155. The average molecular weight is 703 g/mol. The molecule has 238 valence electrons. The van der Waals surface area contributed by atoms with Crippen molar-refractivity contribution >= 4 is 82.2 Å². The van der Waals surface area contributed by atoms with Crippen molar-refractivity contribution in [2.24, 2.45) is 0 Å². The Morgan fingerprint density at radius 3 is 1.49 bits per heavy atom. The SMILES string of the molecule is O=C(COC(=O)c1c(Cl)cccc1Cl)COC(=O)c1c(Cl)cccc1Cl.O=C(O)C[C@H](NC(=O)OCc1ccccc1)C(=O)O. The number of carbonyl (C=O) groups is 6. The number of aliphatic carboxylic acids is 2. The Morgan fingerprint density at radius 2 is 1.09 bits per heavy atom. The van der Waals surface area contributed by atoms with E-state index in [1.54, 1.807) is 42.5 Å². The van der Waals surface area contributed by atoms with Crippen LogP contribution in [0.1, 0.15) is 32.7 Å². The van der Waals surface area contributed by atoms with E-state index in [0.29, 0.717) is 0 Å². The molecule has 12 nitrogen and oxygen atoms in total. The van der Waals surface area contributed by atoms with Gasteiger partial charge in [0, 0.05) is 0 Å². The molecule has 0 spiro atoms. The number of alkyl carbamates (subject to hydrolysis) is 1. The lowest BCUT2D eigenvalue weighted by atomic mass is 10.2. The van der Waals surface area contributed by atoms with Crippen molar-refractivity contribution in [3.05, 3.63) is 104 Å². The molecule has 0 aliphatic heterocycles. The first kappa shape index (κ1) is 36.8. The van der Waals surface area contributed by atoms with E-state index in [4.69, 9.17) is 70.8 Å². The number of carboxylic acids is 2. The van der Waals surface area contributed by atoms with E-state index >= 15 is 0 Å². The number of halogens is 4. The lowest BCUT2D eigenvalue weighted by Gasteiger charge is -2.12. The van der Waals surface area contributed by atoms with Gasteiger partial charge in [0.25, 0.3) is 0 Å². The maximum Gasteiger partial charge on any atom is 0.408 e. The highest BCUT2D eigenvalue weighted by molar-refractivity contribution is 6.40. The van der Waals surface area contributed by atoms with E-state index in [0.717, 1.165) is 5.56 Å². The number of hydrogen-bond acceptors (Lipinski definition) is 9. The molecule has 0 heterocycles. The summed E-state index contributed by atoms with van der Waals surface area (Å²) < 4.78 is 14.5. The van der Waals surface area contributed by atoms with Crippen LogP contribution in [0.15, 0.2) is 66.7 Å². The van der Waals surface area contributed by atoms with Gasteiger partial charge < -0.3 is 29.7 Å². The van der Waals surface area contributed by atoms with Gasteiger partial charge in [0.05, 0.1) is 37.6 Å². The molecule has 1 amide bonds. The summed E-state index contributed by atoms with van der Waals surface area (Å²) in [7, 11) is 0. The number of rotatable bonds is 12. The number of ether oxygens (including phenoxy) is 3. The Hall–Kier alpha value is -4.36. The van der Waals surface area contributed by atoms with Crippen molar-refractivity contribution in [3.8, 4) is 0 Å². The summed E-state index contributed by atoms with van der Waals surface area (Å²) in [5, 5.41) is 19.6. The smallest absolute Gasteiger partial charge is 0.408 e. The second-order valence-electron chi connectivity index (χ2n) is 8.58. The van der Waals surface area contributed by atoms with Crippen LogP contribution < -0.4 is 5.32 Å². The molecule has 0 saturated heterocycles. The molecule has 0 aliphatic rings. The summed E-state index contributed by atoms with van der Waals surface area (Å²) in [6, 6.07) is 16.2. The summed E-state index contributed by atoms with van der Waals surface area (Å²) in [5.41, 5.74) is 0.634. The van der Waals surface area contributed by atoms with Crippen molar-refractivity contribution < 1.29 is 53.2 Å². The Labute approximate surface area is 275 Å². The summed E-state index contributed by atoms with van der Waals surface area (Å²) in [5.74, 6) is -5.14. The number of benzene rings is 3. The predicted molar refractivity (Wildman–Crippen MR) is 162 cm³/mol. The maximum atomic E-state index is 12.0. The molecule has 0 aromatic heterocycles. The molecule has 1 atom stereocenters. The molecular weight excluding hydrogens is 680 g/mol. The van der Waals surface area contributed by atoms with Crippen LogP contribution in [0.5, 0.6) is 0 Å². The van der Waals surface area contributed by atoms with Crippen molar-refractivity contribution in [1.82, 2.24) is 5.32 Å². The molecule has 3 aromatic rings. The van der Waals surface area contributed by atoms with E-state index in [1.807, 2.05) is 5.32 Å². The highest BCUT2D eigenvalue weighted by Crippen LogP contribution is 2.26. The zero-order chi connectivity index (χ0) is 33.5. The van der Waals surface area contributed by atoms with Gasteiger partial charge in [0.15, 0.2) is 13.2 Å². The number of Topliss-reactive ketones (excluding diaryl/α,β-unsaturated/α-hetero) is 1. The largest absolute Gasteiger partial charge is 0.481 e. The number of nitrogens with one attached hydrogen (secondary N) is 1. The average Bonchev–Trinajstić information content (AvgIpc) is 2.98. The molecule has 16 heteroatoms. The molecule has 0 fully saturated rings. The third-order valence-corrected chi connectivity index (χ3v) is 6.50. The second-order valence-corrected chi connectivity index (χ2v) is 10.2. The first-order chi connectivity index (χ1) is 21.3. The Kier molecular flexibility index (Phi) is 15.1. The fraction of sp³-hybridized carbons (Fsp3) is 0.172. The highest BCUT2D eigenvalue weighted by atomic mass is 35.5. The van der Waals surface area contributed by atoms with E-state index in [2.05, 4.69) is 0 Å². The van der Waals surface area contributed by atoms with Gasteiger partial charge in [-0.1, -0.05) is 88.9 Å². The molecular formula is C29H23Cl4NO11. The van der Waals surface area contributed by atoms with Crippen LogP contribution in [-0.4, -0.2) is 65.2 Å². The summed E-state index contributed by atoms with van der Waals surface area (Å²) >= 11 is 23.5. The van der Waals surface area contributed by atoms with Crippen LogP contribution in [0.4, 0.5) is 4.79 Å². The number of amides is 1. The van der Waals surface area contributed by atoms with Crippen LogP contribution in [0, 0.1) is 0 Å². The summed E-state index contributed by atoms with van der Waals surface area (Å²) in [6.45, 7) is -1.26. The minimum Gasteiger partial charge on any atom is -0.481 e. The van der Waals surface area contributed by atoms with E-state index in [9.17, 15) is 28.8 Å². The Balaban J connectivity index is 0.000000330. The predicted octanol–water partition coefficient (Wildman–Crippen LogP) is 5.72. The van der Waals surface area contributed by atoms with E-state index in [1.165, 1.54) is 24.3 Å². The van der Waals surface area contributed by atoms with Crippen molar-refractivity contribution in [2.75, 3.05) is 13.2 Å². The molecule has 0 unspecified atom stereocenters. The van der Waals surface area contributed by atoms with Crippen molar-refractivity contribution in [2.45, 2.75) is 19.1 Å². The van der Waals surface area contributed by atoms with Gasteiger partial charge in [-0.05, 0) is 29.8 Å². The van der Waals surface area contributed by atoms with Gasteiger partial charge in [-0.15, -0.1) is 0 Å². The maximum absolute atomic E-state index is 12.0. The van der Waals surface area contributed by atoms with Gasteiger partial charge in [0.1, 0.15) is 12.6 Å². The number of carboxylic acid groups (broad SMARTS) is 2. The number of ketones is 1. The standard InChI is InChI=1S/C17H10Cl4O5.C12H13NO6/c18-10-3-1-4-11(19)14(10)16(23)25-7-9(22)8-26-17(24)15-12(20)5-2-6-13(15)21;14-10(15)6-9(11(16)17)13-12(18)19-7-8-4-2-1-3-5-8/h1-6H,7-8H2;1-5,9H,6-7H2,(H,13,18)(H,14,15)(H,16,17)/t;9-/m.0/s1. The highest BCUT2D eigenvalue weighted by Gasteiger charge is 2.24. The van der Waals surface area contributed by atoms with Gasteiger partial charge >= 0.3 is 30.0 Å². The van der Waals surface area contributed by atoms with Crippen LogP contribution in [0.2, 0.25) is 20.1 Å². The monoisotopic (exact) mass is 701 g/mol. The topological polar surface area (TPSA) is 183 Å². The molecule has 0 radical (unpaired) electrons. The zero-order valence-electron chi connectivity index (χ0n) is 22.8. The molecule has 0 aliphatic carbocycles. The Bertz CT molecular complexity index is 1440. The van der Waals surface area contributed by atoms with Gasteiger partial charge in [-0.3, -0.25) is 9.59 Å². The second kappa shape index (κ2) is 18.4. The fourth-order valence-electron chi connectivity index (χ4n) is 3.15. The van der Waals surface area contributed by atoms with Gasteiger partial charge in [0.2, 0.25) is 5.78 Å². The molecule has 45 heavy (non-hydrogen) atoms. The van der Waals surface area contributed by atoms with Crippen molar-refractivity contribution in [1.29, 1.82) is 0 Å². The minimum absolute atomic E-state index is 0.0217. The lowest BCUT2D eigenvalue weighted by molar-refractivity contribution is -0.145. The minimum atomic E-state index is -1.51. The molecule has 3 aromatic carbocycles. The van der Waals surface area contributed by atoms with Crippen molar-refractivity contribution in [3.63, 3.8) is 0 Å². The number of carbonyl (C=O) groups excluding carboxylic acids is 4. The van der Waals surface area contributed by atoms with Gasteiger partial charge in [-0.2, -0.15) is 0 Å². The first-order valence-corrected chi connectivity index (χ1v) is 14.0. The van der Waals surface area contributed by atoms with E-state index < -0.39 is 61.4 Å². The zero-order valence-corrected chi connectivity index (χ0v) is 25.9. The Morgan fingerprint density at radius 1 is 0.644 bits per heavy atom. The van der Waals surface area contributed by atoms with E-state index in [-0.39, 0.29) is 37.8 Å². The third kappa shape index (κ3) is 12.6. The van der Waals surface area contributed by atoms with Gasteiger partial charge in [-0.25, -0.2) is 19.2 Å². The fourth-order valence-corrected chi connectivity index (χ4v) is 4.25. The van der Waals surface area contributed by atoms with Crippen LogP contribution in [0.25, 0.3) is 0 Å². The molecule has 3 rings (SSSR count). The summed E-state index contributed by atoms with van der Waals surface area (Å²) in [6.07, 6.45) is -1.69. The number of esters is 2. The molecule has 0 saturated carbocycles. The number of hydrogen-bond donors (Lipinski definition) is 3.